The maximum absolute atomic E-state index is 12.9. The van der Waals surface area contributed by atoms with Crippen molar-refractivity contribution < 1.29 is 14.2 Å². The van der Waals surface area contributed by atoms with Gasteiger partial charge >= 0.3 is 0 Å². The number of aliphatic hydroxyl groups is 1. The first-order valence-corrected chi connectivity index (χ1v) is 4.64. The molecule has 0 saturated heterocycles. The van der Waals surface area contributed by atoms with Gasteiger partial charge in [-0.15, -0.1) is 0 Å². The first-order valence-electron chi connectivity index (χ1n) is 4.64. The Balaban J connectivity index is 2.46. The van der Waals surface area contributed by atoms with Crippen LogP contribution in [0.2, 0.25) is 0 Å². The molecule has 76 valence electrons. The van der Waals surface area contributed by atoms with Gasteiger partial charge in [0.1, 0.15) is 17.2 Å². The average molecular weight is 196 g/mol. The van der Waals surface area contributed by atoms with Gasteiger partial charge in [0, 0.05) is 18.1 Å². The zero-order valence-electron chi connectivity index (χ0n) is 8.25. The number of halogens is 1. The molecule has 2 nitrogen and oxygen atoms in total. The Kier molecular flexibility index (Phi) is 2.00. The van der Waals surface area contributed by atoms with E-state index in [4.69, 9.17) is 4.74 Å². The molecular weight excluding hydrogens is 183 g/mol. The summed E-state index contributed by atoms with van der Waals surface area (Å²) in [5.74, 6) is 0.113. The molecule has 0 fully saturated rings. The third-order valence-corrected chi connectivity index (χ3v) is 2.41. The van der Waals surface area contributed by atoms with Crippen molar-refractivity contribution in [2.75, 3.05) is 0 Å². The lowest BCUT2D eigenvalue weighted by Crippen LogP contribution is -2.34. The van der Waals surface area contributed by atoms with Crippen LogP contribution in [0.3, 0.4) is 0 Å². The van der Waals surface area contributed by atoms with E-state index in [-0.39, 0.29) is 5.82 Å². The highest BCUT2D eigenvalue weighted by atomic mass is 19.1. The number of aliphatic hydroxyl groups excluding tert-OH is 1. The fourth-order valence-electron chi connectivity index (χ4n) is 1.79. The largest absolute Gasteiger partial charge is 0.487 e. The second kappa shape index (κ2) is 2.95. The standard InChI is InChI=1S/C11H13FO2/c1-11(2)6-9(13)8-4-3-7(12)5-10(8)14-11/h3-5,9,13H,6H2,1-2H3/t9-/m1/s1. The van der Waals surface area contributed by atoms with Gasteiger partial charge in [-0.3, -0.25) is 0 Å². The summed E-state index contributed by atoms with van der Waals surface area (Å²) < 4.78 is 18.5. The third kappa shape index (κ3) is 1.60. The van der Waals surface area contributed by atoms with E-state index in [0.717, 1.165) is 0 Å². The van der Waals surface area contributed by atoms with Crippen molar-refractivity contribution in [2.45, 2.75) is 32.0 Å². The van der Waals surface area contributed by atoms with E-state index in [1.807, 2.05) is 13.8 Å². The lowest BCUT2D eigenvalue weighted by molar-refractivity contribution is 0.0112. The van der Waals surface area contributed by atoms with Crippen LogP contribution in [0.1, 0.15) is 31.9 Å². The Morgan fingerprint density at radius 3 is 2.93 bits per heavy atom. The Morgan fingerprint density at radius 1 is 1.50 bits per heavy atom. The molecule has 0 aliphatic carbocycles. The number of hydrogen-bond donors (Lipinski definition) is 1. The van der Waals surface area contributed by atoms with Crippen molar-refractivity contribution in [1.82, 2.24) is 0 Å². The third-order valence-electron chi connectivity index (χ3n) is 2.41. The number of fused-ring (bicyclic) bond motifs is 1. The van der Waals surface area contributed by atoms with E-state index < -0.39 is 11.7 Å². The molecule has 1 atom stereocenters. The van der Waals surface area contributed by atoms with Crippen molar-refractivity contribution in [3.05, 3.63) is 29.6 Å². The molecule has 0 aromatic heterocycles. The van der Waals surface area contributed by atoms with Crippen LogP contribution in [0.5, 0.6) is 5.75 Å². The number of benzene rings is 1. The molecule has 14 heavy (non-hydrogen) atoms. The van der Waals surface area contributed by atoms with Gasteiger partial charge in [-0.1, -0.05) is 0 Å². The van der Waals surface area contributed by atoms with Gasteiger partial charge in [0.05, 0.1) is 6.10 Å². The molecule has 1 N–H and O–H groups in total. The van der Waals surface area contributed by atoms with Crippen LogP contribution in [0.4, 0.5) is 4.39 Å². The van der Waals surface area contributed by atoms with Crippen molar-refractivity contribution in [3.8, 4) is 5.75 Å². The van der Waals surface area contributed by atoms with E-state index in [9.17, 15) is 9.50 Å². The van der Waals surface area contributed by atoms with Crippen LogP contribution in [0, 0.1) is 5.82 Å². The topological polar surface area (TPSA) is 29.5 Å². The molecule has 1 aromatic rings. The van der Waals surface area contributed by atoms with Gasteiger partial charge in [0.2, 0.25) is 0 Å². The number of ether oxygens (including phenoxy) is 1. The van der Waals surface area contributed by atoms with E-state index in [1.165, 1.54) is 12.1 Å². The zero-order valence-corrected chi connectivity index (χ0v) is 8.25. The Hall–Kier alpha value is -1.09. The molecular formula is C11H13FO2. The lowest BCUT2D eigenvalue weighted by Gasteiger charge is -2.35. The van der Waals surface area contributed by atoms with Crippen LogP contribution in [0.25, 0.3) is 0 Å². The zero-order chi connectivity index (χ0) is 10.3. The molecule has 0 spiro atoms. The van der Waals surface area contributed by atoms with Crippen molar-refractivity contribution in [3.63, 3.8) is 0 Å². The van der Waals surface area contributed by atoms with Crippen LogP contribution >= 0.6 is 0 Å². The average Bonchev–Trinajstić information content (AvgIpc) is 2.00. The number of hydrogen-bond acceptors (Lipinski definition) is 2. The van der Waals surface area contributed by atoms with E-state index >= 15 is 0 Å². The van der Waals surface area contributed by atoms with Gasteiger partial charge in [-0.05, 0) is 26.0 Å². The van der Waals surface area contributed by atoms with Crippen molar-refractivity contribution in [1.29, 1.82) is 0 Å². The summed E-state index contributed by atoms with van der Waals surface area (Å²) in [7, 11) is 0. The molecule has 1 aliphatic rings. The smallest absolute Gasteiger partial charge is 0.128 e. The predicted molar refractivity (Wildman–Crippen MR) is 50.7 cm³/mol. The SMILES string of the molecule is CC1(C)C[C@@H](O)c2ccc(F)cc2O1. The van der Waals surface area contributed by atoms with Gasteiger partial charge < -0.3 is 9.84 Å². The first kappa shape index (κ1) is 9.46. The van der Waals surface area contributed by atoms with Crippen LogP contribution in [-0.2, 0) is 0 Å². The summed E-state index contributed by atoms with van der Waals surface area (Å²) in [4.78, 5) is 0. The Bertz CT molecular complexity index is 360. The quantitative estimate of drug-likeness (QED) is 0.690. The van der Waals surface area contributed by atoms with E-state index in [0.29, 0.717) is 17.7 Å². The molecule has 0 saturated carbocycles. The molecule has 0 amide bonds. The fourth-order valence-corrected chi connectivity index (χ4v) is 1.79. The molecule has 0 bridgehead atoms. The fraction of sp³-hybridized carbons (Fsp3) is 0.455. The summed E-state index contributed by atoms with van der Waals surface area (Å²) in [6.45, 7) is 3.76. The van der Waals surface area contributed by atoms with E-state index in [2.05, 4.69) is 0 Å². The highest BCUT2D eigenvalue weighted by molar-refractivity contribution is 5.38. The van der Waals surface area contributed by atoms with Gasteiger partial charge in [0.15, 0.2) is 0 Å². The highest BCUT2D eigenvalue weighted by Crippen LogP contribution is 2.39. The molecule has 0 radical (unpaired) electrons. The maximum atomic E-state index is 12.9. The molecule has 0 unspecified atom stereocenters. The minimum absolute atomic E-state index is 0.339. The summed E-state index contributed by atoms with van der Waals surface area (Å²) in [5, 5.41) is 9.79. The van der Waals surface area contributed by atoms with E-state index in [1.54, 1.807) is 6.07 Å². The normalized spacial score (nSPS) is 23.9. The summed E-state index contributed by atoms with van der Waals surface area (Å²) >= 11 is 0. The molecule has 3 heteroatoms. The molecule has 1 aromatic carbocycles. The Morgan fingerprint density at radius 2 is 2.21 bits per heavy atom. The second-order valence-electron chi connectivity index (χ2n) is 4.26. The van der Waals surface area contributed by atoms with Crippen molar-refractivity contribution in [2.24, 2.45) is 0 Å². The molecule has 1 heterocycles. The summed E-state index contributed by atoms with van der Waals surface area (Å²) in [6.07, 6.45) is -0.0274. The molecule has 1 aliphatic heterocycles. The summed E-state index contributed by atoms with van der Waals surface area (Å²) in [5.41, 5.74) is 0.242. The lowest BCUT2D eigenvalue weighted by atomic mass is 9.92. The van der Waals surface area contributed by atoms with Crippen LogP contribution in [-0.4, -0.2) is 10.7 Å². The van der Waals surface area contributed by atoms with Gasteiger partial charge in [-0.2, -0.15) is 0 Å². The summed E-state index contributed by atoms with van der Waals surface area (Å²) in [6, 6.07) is 4.23. The maximum Gasteiger partial charge on any atom is 0.128 e. The minimum atomic E-state index is -0.561. The van der Waals surface area contributed by atoms with Crippen LogP contribution < -0.4 is 4.74 Å². The second-order valence-corrected chi connectivity index (χ2v) is 4.26. The van der Waals surface area contributed by atoms with Gasteiger partial charge in [0.25, 0.3) is 0 Å². The van der Waals surface area contributed by atoms with Crippen molar-refractivity contribution >= 4 is 0 Å². The Labute approximate surface area is 82.3 Å². The van der Waals surface area contributed by atoms with Gasteiger partial charge in [-0.25, -0.2) is 4.39 Å². The van der Waals surface area contributed by atoms with Crippen LogP contribution in [0.15, 0.2) is 18.2 Å². The molecule has 2 rings (SSSR count). The first-order chi connectivity index (χ1) is 6.48. The highest BCUT2D eigenvalue weighted by Gasteiger charge is 2.32. The monoisotopic (exact) mass is 196 g/mol. The predicted octanol–water partition coefficient (Wildman–Crippen LogP) is 2.42. The minimum Gasteiger partial charge on any atom is -0.487 e. The number of rotatable bonds is 0.